The number of nitrogens with one attached hydrogen (secondary N) is 1. The van der Waals surface area contributed by atoms with Crippen molar-refractivity contribution in [3.63, 3.8) is 0 Å². The van der Waals surface area contributed by atoms with Gasteiger partial charge >= 0.3 is 0 Å². The summed E-state index contributed by atoms with van der Waals surface area (Å²) in [6.45, 7) is 3.52. The van der Waals surface area contributed by atoms with E-state index >= 15 is 0 Å². The number of nitrogens with zero attached hydrogens (tertiary/aromatic N) is 3. The number of aromatic nitrogens is 4. The summed E-state index contributed by atoms with van der Waals surface area (Å²) in [5, 5.41) is 35.5. The first-order chi connectivity index (χ1) is 16.5. The molecule has 1 atom stereocenters. The molecule has 8 heteroatoms. The number of H-pyrrole nitrogens is 1. The van der Waals surface area contributed by atoms with Crippen LogP contribution in [-0.4, -0.2) is 36.6 Å². The Morgan fingerprint density at radius 2 is 1.88 bits per heavy atom. The molecule has 0 aliphatic rings. The number of carbonyl (C=O) groups excluding carboxylic acids is 1. The summed E-state index contributed by atoms with van der Waals surface area (Å²) in [5.74, 6) is 1.15. The van der Waals surface area contributed by atoms with Crippen LogP contribution in [0, 0.1) is 0 Å². The van der Waals surface area contributed by atoms with Gasteiger partial charge in [0.2, 0.25) is 5.82 Å². The molecule has 34 heavy (non-hydrogen) atoms. The van der Waals surface area contributed by atoms with E-state index in [1.807, 2.05) is 54.6 Å². The number of thioether (sulfide) groups is 1. The molecule has 0 saturated heterocycles. The molecule has 3 aromatic carbocycles. The van der Waals surface area contributed by atoms with Crippen molar-refractivity contribution in [1.82, 2.24) is 20.6 Å². The molecule has 174 valence electrons. The highest BCUT2D eigenvalue weighted by atomic mass is 32.2. The molecule has 7 nitrogen and oxygen atoms in total. The van der Waals surface area contributed by atoms with E-state index in [0.29, 0.717) is 23.6 Å². The van der Waals surface area contributed by atoms with Crippen molar-refractivity contribution in [2.75, 3.05) is 0 Å². The lowest BCUT2D eigenvalue weighted by Crippen LogP contribution is -2.00. The third-order valence-corrected chi connectivity index (χ3v) is 6.79. The summed E-state index contributed by atoms with van der Waals surface area (Å²) < 4.78 is 0. The normalized spacial score (nSPS) is 12.0. The minimum Gasteiger partial charge on any atom is -0.507 e. The molecule has 4 aromatic rings. The van der Waals surface area contributed by atoms with Gasteiger partial charge in [0, 0.05) is 21.8 Å². The van der Waals surface area contributed by atoms with E-state index in [-0.39, 0.29) is 11.5 Å². The van der Waals surface area contributed by atoms with Crippen LogP contribution in [0.25, 0.3) is 11.4 Å². The van der Waals surface area contributed by atoms with Gasteiger partial charge in [0.25, 0.3) is 0 Å². The molecule has 1 unspecified atom stereocenters. The fraction of sp³-hybridized carbons (Fsp3) is 0.231. The maximum Gasteiger partial charge on any atom is 0.204 e. The summed E-state index contributed by atoms with van der Waals surface area (Å²) >= 11 is 1.63. The molecule has 1 heterocycles. The summed E-state index contributed by atoms with van der Waals surface area (Å²) in [6.07, 6.45) is 0.813. The van der Waals surface area contributed by atoms with Crippen LogP contribution in [0.2, 0.25) is 0 Å². The summed E-state index contributed by atoms with van der Waals surface area (Å²) in [6, 6.07) is 18.9. The van der Waals surface area contributed by atoms with Crippen LogP contribution < -0.4 is 0 Å². The minimum absolute atomic E-state index is 0.0980. The Balaban J connectivity index is 1.47. The first kappa shape index (κ1) is 23.7. The number of phenols is 1. The van der Waals surface area contributed by atoms with Crippen LogP contribution in [0.4, 0.5) is 0 Å². The largest absolute Gasteiger partial charge is 0.507 e. The second kappa shape index (κ2) is 10.6. The van der Waals surface area contributed by atoms with E-state index in [1.165, 1.54) is 6.92 Å². The third-order valence-electron chi connectivity index (χ3n) is 5.61. The van der Waals surface area contributed by atoms with Crippen molar-refractivity contribution in [2.45, 2.75) is 43.4 Å². The van der Waals surface area contributed by atoms with Crippen molar-refractivity contribution in [1.29, 1.82) is 0 Å². The van der Waals surface area contributed by atoms with E-state index < -0.39 is 6.10 Å². The topological polar surface area (TPSA) is 112 Å². The Bertz CT molecular complexity index is 1270. The predicted molar refractivity (Wildman–Crippen MR) is 132 cm³/mol. The van der Waals surface area contributed by atoms with Crippen LogP contribution in [0.5, 0.6) is 5.75 Å². The highest BCUT2D eigenvalue weighted by molar-refractivity contribution is 7.98. The molecule has 0 aliphatic heterocycles. The number of hydrogen-bond acceptors (Lipinski definition) is 7. The van der Waals surface area contributed by atoms with Gasteiger partial charge in [-0.15, -0.1) is 22.0 Å². The molecule has 0 saturated carbocycles. The zero-order valence-electron chi connectivity index (χ0n) is 19.0. The van der Waals surface area contributed by atoms with Crippen LogP contribution in [0.1, 0.15) is 59.0 Å². The average molecular weight is 475 g/mol. The standard InChI is InChI=1S/C26H26N4O3S/c1-3-5-22-23(13-12-21(16(2)31)25(22)33)34-15-17-8-10-18(11-9-17)24(32)19-6-4-7-20(14-19)26-27-29-30-28-26/h4,6-14,24,32-33H,3,5,15H2,1-2H3,(H,27,28,29,30). The SMILES string of the molecule is CCCc1c(SCc2ccc(C(O)c3cccc(-c4nn[nH]n4)c3)cc2)ccc(C(C)=O)c1O. The molecule has 1 aromatic heterocycles. The third kappa shape index (κ3) is 5.18. The fourth-order valence-electron chi connectivity index (χ4n) is 3.81. The first-order valence-electron chi connectivity index (χ1n) is 11.1. The number of aliphatic hydroxyl groups excluding tert-OH is 1. The Labute approximate surface area is 202 Å². The minimum atomic E-state index is -0.777. The number of aromatic amines is 1. The Hall–Kier alpha value is -3.49. The second-order valence-electron chi connectivity index (χ2n) is 8.04. The van der Waals surface area contributed by atoms with E-state index in [4.69, 9.17) is 0 Å². The highest BCUT2D eigenvalue weighted by Crippen LogP contribution is 2.35. The maximum atomic E-state index is 11.8. The van der Waals surface area contributed by atoms with Crippen molar-refractivity contribution in [3.05, 3.63) is 88.5 Å². The van der Waals surface area contributed by atoms with Crippen molar-refractivity contribution in [2.24, 2.45) is 0 Å². The molecule has 0 aliphatic carbocycles. The molecule has 3 N–H and O–H groups in total. The number of rotatable bonds is 9. The number of aliphatic hydroxyl groups is 1. The predicted octanol–water partition coefficient (Wildman–Crippen LogP) is 5.10. The Kier molecular flexibility index (Phi) is 7.40. The molecule has 0 fully saturated rings. The Morgan fingerprint density at radius 3 is 2.56 bits per heavy atom. The maximum absolute atomic E-state index is 11.8. The lowest BCUT2D eigenvalue weighted by molar-refractivity contribution is 0.101. The number of Topliss-reactive ketones (excluding diaryl/α,β-unsaturated/α-hetero) is 1. The summed E-state index contributed by atoms with van der Waals surface area (Å²) in [7, 11) is 0. The van der Waals surface area contributed by atoms with Gasteiger partial charge in [0.15, 0.2) is 5.78 Å². The van der Waals surface area contributed by atoms with Gasteiger partial charge in [-0.25, -0.2) is 0 Å². The monoisotopic (exact) mass is 474 g/mol. The fourth-order valence-corrected chi connectivity index (χ4v) is 4.86. The Morgan fingerprint density at radius 1 is 1.09 bits per heavy atom. The molecular formula is C26H26N4O3S. The van der Waals surface area contributed by atoms with Crippen LogP contribution in [0.3, 0.4) is 0 Å². The number of carbonyl (C=O) groups is 1. The summed E-state index contributed by atoms with van der Waals surface area (Å²) in [4.78, 5) is 12.8. The van der Waals surface area contributed by atoms with Crippen molar-refractivity contribution >= 4 is 17.5 Å². The molecule has 0 amide bonds. The zero-order chi connectivity index (χ0) is 24.1. The van der Waals surface area contributed by atoms with Gasteiger partial charge in [-0.3, -0.25) is 4.79 Å². The number of benzene rings is 3. The van der Waals surface area contributed by atoms with Gasteiger partial charge in [0.1, 0.15) is 11.9 Å². The van der Waals surface area contributed by atoms with Gasteiger partial charge in [0.05, 0.1) is 5.56 Å². The van der Waals surface area contributed by atoms with Gasteiger partial charge in [-0.05, 0) is 53.4 Å². The number of phenolic OH excluding ortho intramolecular Hbond substituents is 1. The highest BCUT2D eigenvalue weighted by Gasteiger charge is 2.16. The van der Waals surface area contributed by atoms with E-state index in [2.05, 4.69) is 27.5 Å². The van der Waals surface area contributed by atoms with Crippen molar-refractivity contribution < 1.29 is 15.0 Å². The number of hydrogen-bond donors (Lipinski definition) is 3. The quantitative estimate of drug-likeness (QED) is 0.228. The lowest BCUT2D eigenvalue weighted by Gasteiger charge is -2.14. The second-order valence-corrected chi connectivity index (χ2v) is 9.06. The lowest BCUT2D eigenvalue weighted by atomic mass is 9.99. The first-order valence-corrected chi connectivity index (χ1v) is 12.1. The number of ketones is 1. The van der Waals surface area contributed by atoms with Gasteiger partial charge < -0.3 is 10.2 Å². The number of tetrazole rings is 1. The van der Waals surface area contributed by atoms with Crippen LogP contribution in [-0.2, 0) is 12.2 Å². The number of aromatic hydroxyl groups is 1. The average Bonchev–Trinajstić information content (AvgIpc) is 3.39. The van der Waals surface area contributed by atoms with E-state index in [0.717, 1.165) is 39.1 Å². The molecule has 0 bridgehead atoms. The molecule has 0 spiro atoms. The molecular weight excluding hydrogens is 448 g/mol. The molecule has 4 rings (SSSR count). The van der Waals surface area contributed by atoms with E-state index in [1.54, 1.807) is 17.8 Å². The van der Waals surface area contributed by atoms with Gasteiger partial charge in [-0.2, -0.15) is 5.21 Å². The smallest absolute Gasteiger partial charge is 0.204 e. The van der Waals surface area contributed by atoms with E-state index in [9.17, 15) is 15.0 Å². The van der Waals surface area contributed by atoms with Crippen molar-refractivity contribution in [3.8, 4) is 17.1 Å². The van der Waals surface area contributed by atoms with Crippen LogP contribution >= 0.6 is 11.8 Å². The van der Waals surface area contributed by atoms with Crippen LogP contribution in [0.15, 0.2) is 65.6 Å². The van der Waals surface area contributed by atoms with Gasteiger partial charge in [-0.1, -0.05) is 55.8 Å². The molecule has 0 radical (unpaired) electrons. The zero-order valence-corrected chi connectivity index (χ0v) is 19.8. The summed E-state index contributed by atoms with van der Waals surface area (Å²) in [5.41, 5.74) is 4.60.